The highest BCUT2D eigenvalue weighted by Gasteiger charge is 2.23. The molecule has 1 aliphatic heterocycles. The fourth-order valence-corrected chi connectivity index (χ4v) is 3.02. The van der Waals surface area contributed by atoms with Crippen LogP contribution in [0.1, 0.15) is 5.56 Å². The maximum atomic E-state index is 12.0. The minimum atomic E-state index is -0.161. The lowest BCUT2D eigenvalue weighted by Gasteiger charge is -1.99. The number of nitrogens with one attached hydrogen (secondary N) is 1. The molecule has 1 amide bonds. The number of halogens is 1. The van der Waals surface area contributed by atoms with Crippen molar-refractivity contribution in [3.8, 4) is 5.75 Å². The average molecular weight is 345 g/mol. The van der Waals surface area contributed by atoms with Crippen LogP contribution in [0.15, 0.2) is 58.4 Å². The molecule has 0 aromatic heterocycles. The molecule has 1 N–H and O–H groups in total. The number of aliphatic imine (C=N–C) groups is 1. The van der Waals surface area contributed by atoms with Crippen LogP contribution < -0.4 is 10.1 Å². The molecule has 0 atom stereocenters. The number of hydrogen-bond donors (Lipinski definition) is 1. The third kappa shape index (κ3) is 3.94. The summed E-state index contributed by atoms with van der Waals surface area (Å²) >= 11 is 7.24. The first-order chi connectivity index (χ1) is 11.1. The number of amides is 1. The van der Waals surface area contributed by atoms with E-state index in [1.165, 1.54) is 11.8 Å². The molecular weight excluding hydrogens is 332 g/mol. The molecule has 23 heavy (non-hydrogen) atoms. The van der Waals surface area contributed by atoms with Gasteiger partial charge < -0.3 is 10.1 Å². The molecule has 6 heteroatoms. The zero-order valence-corrected chi connectivity index (χ0v) is 13.8. The van der Waals surface area contributed by atoms with Crippen molar-refractivity contribution in [1.82, 2.24) is 5.32 Å². The normalized spacial score (nSPS) is 17.6. The van der Waals surface area contributed by atoms with Crippen LogP contribution in [0.25, 0.3) is 6.08 Å². The molecule has 0 radical (unpaired) electrons. The third-order valence-electron chi connectivity index (χ3n) is 3.10. The maximum Gasteiger partial charge on any atom is 0.264 e. The lowest BCUT2D eigenvalue weighted by atomic mass is 10.2. The number of thioether (sulfide) groups is 1. The van der Waals surface area contributed by atoms with Gasteiger partial charge in [0.15, 0.2) is 5.17 Å². The van der Waals surface area contributed by atoms with Crippen LogP contribution in [0.4, 0.5) is 5.69 Å². The molecule has 0 aliphatic carbocycles. The zero-order chi connectivity index (χ0) is 16.2. The molecule has 0 saturated carbocycles. The second-order valence-electron chi connectivity index (χ2n) is 4.73. The first-order valence-electron chi connectivity index (χ1n) is 6.83. The van der Waals surface area contributed by atoms with Gasteiger partial charge in [-0.3, -0.25) is 4.79 Å². The van der Waals surface area contributed by atoms with Crippen molar-refractivity contribution in [3.05, 3.63) is 64.0 Å². The Balaban J connectivity index is 1.80. The molecule has 2 aromatic carbocycles. The SMILES string of the molecule is COc1ccc(/C=C2/SC(=Nc3cccc(Cl)c3)NC2=O)cc1. The molecule has 1 fully saturated rings. The molecular formula is C17H13ClN2O2S. The molecule has 3 rings (SSSR count). The number of ether oxygens (including phenoxy) is 1. The van der Waals surface area contributed by atoms with Gasteiger partial charge in [-0.15, -0.1) is 0 Å². The van der Waals surface area contributed by atoms with E-state index < -0.39 is 0 Å². The van der Waals surface area contributed by atoms with Gasteiger partial charge in [0.25, 0.3) is 5.91 Å². The van der Waals surface area contributed by atoms with Crippen LogP contribution in [0.2, 0.25) is 5.02 Å². The summed E-state index contributed by atoms with van der Waals surface area (Å²) in [6.45, 7) is 0. The van der Waals surface area contributed by atoms with Crippen LogP contribution in [-0.2, 0) is 4.79 Å². The van der Waals surface area contributed by atoms with Crippen LogP contribution in [0.3, 0.4) is 0 Å². The zero-order valence-electron chi connectivity index (χ0n) is 12.2. The fourth-order valence-electron chi connectivity index (χ4n) is 1.99. The number of hydrogen-bond acceptors (Lipinski definition) is 4. The van der Waals surface area contributed by atoms with Gasteiger partial charge in [-0.25, -0.2) is 4.99 Å². The second-order valence-corrected chi connectivity index (χ2v) is 6.20. The van der Waals surface area contributed by atoms with E-state index in [2.05, 4.69) is 10.3 Å². The smallest absolute Gasteiger partial charge is 0.264 e. The van der Waals surface area contributed by atoms with E-state index in [0.717, 1.165) is 11.3 Å². The molecule has 1 saturated heterocycles. The van der Waals surface area contributed by atoms with Crippen molar-refractivity contribution in [2.75, 3.05) is 7.11 Å². The minimum Gasteiger partial charge on any atom is -0.497 e. The molecule has 0 spiro atoms. The van der Waals surface area contributed by atoms with Crippen molar-refractivity contribution in [2.24, 2.45) is 4.99 Å². The summed E-state index contributed by atoms with van der Waals surface area (Å²) in [5.41, 5.74) is 1.62. The quantitative estimate of drug-likeness (QED) is 0.847. The number of amidine groups is 1. The van der Waals surface area contributed by atoms with Crippen molar-refractivity contribution in [2.45, 2.75) is 0 Å². The first kappa shape index (κ1) is 15.6. The molecule has 4 nitrogen and oxygen atoms in total. The van der Waals surface area contributed by atoms with Gasteiger partial charge in [0.1, 0.15) is 5.75 Å². The van der Waals surface area contributed by atoms with E-state index in [1.54, 1.807) is 19.2 Å². The summed E-state index contributed by atoms with van der Waals surface area (Å²) in [6, 6.07) is 14.7. The number of carbonyl (C=O) groups is 1. The van der Waals surface area contributed by atoms with Gasteiger partial charge >= 0.3 is 0 Å². The highest BCUT2D eigenvalue weighted by Crippen LogP contribution is 2.29. The highest BCUT2D eigenvalue weighted by atomic mass is 35.5. The molecule has 1 heterocycles. The van der Waals surface area contributed by atoms with Crippen LogP contribution in [0.5, 0.6) is 5.75 Å². The first-order valence-corrected chi connectivity index (χ1v) is 8.03. The molecule has 2 aromatic rings. The van der Waals surface area contributed by atoms with Crippen LogP contribution >= 0.6 is 23.4 Å². The Hall–Kier alpha value is -2.24. The maximum absolute atomic E-state index is 12.0. The summed E-state index contributed by atoms with van der Waals surface area (Å²) in [6.07, 6.45) is 1.82. The summed E-state index contributed by atoms with van der Waals surface area (Å²) in [7, 11) is 1.62. The Morgan fingerprint density at radius 1 is 1.22 bits per heavy atom. The largest absolute Gasteiger partial charge is 0.497 e. The minimum absolute atomic E-state index is 0.161. The standard InChI is InChI=1S/C17H13ClN2O2S/c1-22-14-7-5-11(6-8-14)9-15-16(21)20-17(23-15)19-13-4-2-3-12(18)10-13/h2-10H,1H3,(H,19,20,21)/b15-9+. The van der Waals surface area contributed by atoms with E-state index in [1.807, 2.05) is 42.5 Å². The van der Waals surface area contributed by atoms with E-state index in [9.17, 15) is 4.79 Å². The molecule has 116 valence electrons. The second kappa shape index (κ2) is 6.89. The van der Waals surface area contributed by atoms with Crippen molar-refractivity contribution >= 4 is 46.2 Å². The number of benzene rings is 2. The van der Waals surface area contributed by atoms with E-state index in [0.29, 0.717) is 20.8 Å². The van der Waals surface area contributed by atoms with Crippen molar-refractivity contribution in [1.29, 1.82) is 0 Å². The predicted molar refractivity (Wildman–Crippen MR) is 95.3 cm³/mol. The number of rotatable bonds is 3. The third-order valence-corrected chi connectivity index (χ3v) is 4.25. The van der Waals surface area contributed by atoms with Crippen molar-refractivity contribution in [3.63, 3.8) is 0 Å². The topological polar surface area (TPSA) is 50.7 Å². The number of carbonyl (C=O) groups excluding carboxylic acids is 1. The average Bonchev–Trinajstić information content (AvgIpc) is 2.87. The van der Waals surface area contributed by atoms with Gasteiger partial charge in [0, 0.05) is 5.02 Å². The number of methoxy groups -OCH3 is 1. The molecule has 0 bridgehead atoms. The molecule has 1 aliphatic rings. The fraction of sp³-hybridized carbons (Fsp3) is 0.0588. The summed E-state index contributed by atoms with van der Waals surface area (Å²) in [5, 5.41) is 3.90. The summed E-state index contributed by atoms with van der Waals surface area (Å²) in [4.78, 5) is 17.0. The van der Waals surface area contributed by atoms with Crippen molar-refractivity contribution < 1.29 is 9.53 Å². The monoisotopic (exact) mass is 344 g/mol. The Morgan fingerprint density at radius 3 is 2.70 bits per heavy atom. The lowest BCUT2D eigenvalue weighted by Crippen LogP contribution is -2.19. The van der Waals surface area contributed by atoms with Gasteiger partial charge in [0.2, 0.25) is 0 Å². The Labute approximate surface area is 143 Å². The summed E-state index contributed by atoms with van der Waals surface area (Å²) < 4.78 is 5.12. The highest BCUT2D eigenvalue weighted by molar-refractivity contribution is 8.18. The van der Waals surface area contributed by atoms with Gasteiger partial charge in [-0.1, -0.05) is 29.8 Å². The van der Waals surface area contributed by atoms with Gasteiger partial charge in [-0.2, -0.15) is 0 Å². The predicted octanol–water partition coefficient (Wildman–Crippen LogP) is 4.24. The van der Waals surface area contributed by atoms with Crippen LogP contribution in [-0.4, -0.2) is 18.2 Å². The molecule has 0 unspecified atom stereocenters. The van der Waals surface area contributed by atoms with Gasteiger partial charge in [-0.05, 0) is 53.7 Å². The lowest BCUT2D eigenvalue weighted by molar-refractivity contribution is -0.115. The number of nitrogens with zero attached hydrogens (tertiary/aromatic N) is 1. The Kier molecular flexibility index (Phi) is 4.69. The summed E-state index contributed by atoms with van der Waals surface area (Å²) in [5.74, 6) is 0.616. The van der Waals surface area contributed by atoms with E-state index in [-0.39, 0.29) is 5.91 Å². The van der Waals surface area contributed by atoms with E-state index >= 15 is 0 Å². The Bertz CT molecular complexity index is 800. The van der Waals surface area contributed by atoms with E-state index in [4.69, 9.17) is 16.3 Å². The van der Waals surface area contributed by atoms with Crippen LogP contribution in [0, 0.1) is 0 Å². The Morgan fingerprint density at radius 2 is 2.00 bits per heavy atom. The van der Waals surface area contributed by atoms with Gasteiger partial charge in [0.05, 0.1) is 17.7 Å².